The second-order valence-corrected chi connectivity index (χ2v) is 9.81. The van der Waals surface area contributed by atoms with Gasteiger partial charge in [-0.15, -0.1) is 0 Å². The Bertz CT molecular complexity index is 1220. The Morgan fingerprint density at radius 3 is 2.54 bits per heavy atom. The van der Waals surface area contributed by atoms with Gasteiger partial charge in [-0.3, -0.25) is 15.1 Å². The first-order valence-electron chi connectivity index (χ1n) is 12.7. The first kappa shape index (κ1) is 28.6. The number of piperidine rings is 1. The lowest BCUT2D eigenvalue weighted by atomic mass is 9.92. The van der Waals surface area contributed by atoms with E-state index in [-0.39, 0.29) is 18.1 Å². The van der Waals surface area contributed by atoms with E-state index in [0.717, 1.165) is 22.7 Å². The summed E-state index contributed by atoms with van der Waals surface area (Å²) < 4.78 is 33.2. The molecule has 39 heavy (non-hydrogen) atoms. The van der Waals surface area contributed by atoms with Crippen LogP contribution in [0.5, 0.6) is 0 Å². The smallest absolute Gasteiger partial charge is 0.354 e. The van der Waals surface area contributed by atoms with Gasteiger partial charge in [0, 0.05) is 49.3 Å². The molecule has 4 rings (SSSR count). The number of aliphatic hydroxyl groups excluding tert-OH is 1. The summed E-state index contributed by atoms with van der Waals surface area (Å²) in [5, 5.41) is 24.7. The van der Waals surface area contributed by atoms with E-state index in [4.69, 9.17) is 4.74 Å². The molecule has 1 saturated heterocycles. The number of aliphatic hydroxyl groups is 1. The van der Waals surface area contributed by atoms with Crippen molar-refractivity contribution < 1.29 is 33.4 Å². The molecule has 3 N–H and O–H groups in total. The highest BCUT2D eigenvalue weighted by Gasteiger charge is 2.44. The zero-order chi connectivity index (χ0) is 28.3. The van der Waals surface area contributed by atoms with Gasteiger partial charge in [0.25, 0.3) is 0 Å². The first-order valence-corrected chi connectivity index (χ1v) is 12.7. The average molecular weight is 546 g/mol. The molecule has 1 aromatic heterocycles. The second kappa shape index (κ2) is 12.2. The number of urea groups is 2. The monoisotopic (exact) mass is 545 g/mol. The quantitative estimate of drug-likeness (QED) is 0.358. The van der Waals surface area contributed by atoms with Crippen molar-refractivity contribution in [1.29, 1.82) is 0 Å². The summed E-state index contributed by atoms with van der Waals surface area (Å²) >= 11 is 0. The molecule has 0 saturated carbocycles. The van der Waals surface area contributed by atoms with E-state index in [1.54, 1.807) is 18.0 Å². The van der Waals surface area contributed by atoms with Gasteiger partial charge >= 0.3 is 12.1 Å². The molecule has 0 radical (unpaired) electrons. The summed E-state index contributed by atoms with van der Waals surface area (Å²) in [5.74, 6) is -2.05. The summed E-state index contributed by atoms with van der Waals surface area (Å²) in [4.78, 5) is 33.8. The number of benzene rings is 1. The molecule has 3 unspecified atom stereocenters. The second-order valence-electron chi connectivity index (χ2n) is 9.81. The predicted octanol–water partition coefficient (Wildman–Crippen LogP) is 3.74. The topological polar surface area (TPSA) is 118 Å². The van der Waals surface area contributed by atoms with Gasteiger partial charge in [-0.05, 0) is 56.5 Å². The van der Waals surface area contributed by atoms with Crippen LogP contribution in [-0.4, -0.2) is 81.3 Å². The van der Waals surface area contributed by atoms with Gasteiger partial charge in [0.05, 0.1) is 18.8 Å². The zero-order valence-electron chi connectivity index (χ0n) is 22.1. The Morgan fingerprint density at radius 2 is 1.95 bits per heavy atom. The van der Waals surface area contributed by atoms with Crippen molar-refractivity contribution in [2.75, 3.05) is 26.8 Å². The number of amides is 4. The third-order valence-corrected chi connectivity index (χ3v) is 7.24. The van der Waals surface area contributed by atoms with Crippen LogP contribution in [0.3, 0.4) is 0 Å². The number of ether oxygens (including phenoxy) is 1. The molecule has 2 aliphatic rings. The van der Waals surface area contributed by atoms with Crippen molar-refractivity contribution in [1.82, 2.24) is 25.2 Å². The molecule has 210 valence electrons. The summed E-state index contributed by atoms with van der Waals surface area (Å²) in [7, 11) is 1.42. The third-order valence-electron chi connectivity index (χ3n) is 7.24. The van der Waals surface area contributed by atoms with Gasteiger partial charge in [0.2, 0.25) is 0 Å². The lowest BCUT2D eigenvalue weighted by Crippen LogP contribution is -2.62. The molecule has 10 nitrogen and oxygen atoms in total. The van der Waals surface area contributed by atoms with Crippen LogP contribution >= 0.6 is 0 Å². The number of halogens is 2. The van der Waals surface area contributed by atoms with E-state index in [1.165, 1.54) is 20.1 Å². The Hall–Kier alpha value is -3.45. The number of carbonyl (C=O) groups excluding carboxylic acids is 2. The van der Waals surface area contributed by atoms with Crippen molar-refractivity contribution in [2.24, 2.45) is 0 Å². The van der Waals surface area contributed by atoms with E-state index in [2.05, 4.69) is 10.3 Å². The molecule has 0 bridgehead atoms. The van der Waals surface area contributed by atoms with Crippen molar-refractivity contribution >= 4 is 12.1 Å². The summed E-state index contributed by atoms with van der Waals surface area (Å²) in [6.45, 7) is 3.91. The Kier molecular flexibility index (Phi) is 8.90. The molecular weight excluding hydrogens is 512 g/mol. The number of pyridine rings is 1. The van der Waals surface area contributed by atoms with Gasteiger partial charge in [-0.25, -0.2) is 23.3 Å². The van der Waals surface area contributed by atoms with Gasteiger partial charge in [0.1, 0.15) is 6.17 Å². The molecule has 3 heterocycles. The summed E-state index contributed by atoms with van der Waals surface area (Å²) in [6, 6.07) is 5.58. The highest BCUT2D eigenvalue weighted by atomic mass is 19.2. The fourth-order valence-corrected chi connectivity index (χ4v) is 5.32. The van der Waals surface area contributed by atoms with Crippen molar-refractivity contribution in [3.8, 4) is 0 Å². The number of imide groups is 1. The number of hydrogen-bond donors (Lipinski definition) is 3. The molecule has 2 aliphatic heterocycles. The molecule has 0 spiro atoms. The fraction of sp³-hybridized carbons (Fsp3) is 0.444. The molecule has 1 aromatic carbocycles. The van der Waals surface area contributed by atoms with Crippen LogP contribution < -0.4 is 5.32 Å². The maximum atomic E-state index is 14.2. The number of likely N-dealkylation sites (tertiary alicyclic amines) is 1. The van der Waals surface area contributed by atoms with Crippen LogP contribution in [0.15, 0.2) is 53.9 Å². The van der Waals surface area contributed by atoms with E-state index in [1.807, 2.05) is 18.2 Å². The van der Waals surface area contributed by atoms with Crippen molar-refractivity contribution in [2.45, 2.75) is 50.9 Å². The van der Waals surface area contributed by atoms with Crippen LogP contribution in [-0.2, 0) is 4.74 Å². The minimum absolute atomic E-state index is 0.0359. The number of allylic oxidation sites excluding steroid dienone is 1. The molecule has 1 fully saturated rings. The van der Waals surface area contributed by atoms with E-state index in [9.17, 15) is 28.7 Å². The highest BCUT2D eigenvalue weighted by molar-refractivity contribution is 5.96. The number of nitrogens with zero attached hydrogens (tertiary/aromatic N) is 4. The molecular formula is C27H33F2N5O5. The number of aromatic nitrogens is 1. The van der Waals surface area contributed by atoms with Crippen molar-refractivity contribution in [3.63, 3.8) is 0 Å². The lowest BCUT2D eigenvalue weighted by molar-refractivity contribution is -0.170. The zero-order valence-corrected chi connectivity index (χ0v) is 22.1. The van der Waals surface area contributed by atoms with Gasteiger partial charge in [-0.2, -0.15) is 5.06 Å². The molecule has 3 atom stereocenters. The van der Waals surface area contributed by atoms with Crippen LogP contribution in [0.4, 0.5) is 18.4 Å². The van der Waals surface area contributed by atoms with Crippen LogP contribution in [0, 0.1) is 11.6 Å². The average Bonchev–Trinajstić information content (AvgIpc) is 2.92. The number of hydroxylamine groups is 2. The summed E-state index contributed by atoms with van der Waals surface area (Å²) in [6.07, 6.45) is 0.748. The lowest BCUT2D eigenvalue weighted by Gasteiger charge is -2.44. The van der Waals surface area contributed by atoms with Crippen LogP contribution in [0.1, 0.15) is 49.9 Å². The van der Waals surface area contributed by atoms with Gasteiger partial charge < -0.3 is 15.2 Å². The van der Waals surface area contributed by atoms with Crippen molar-refractivity contribution in [3.05, 3.63) is 76.8 Å². The number of rotatable bonds is 7. The Balaban J connectivity index is 1.62. The molecule has 2 aromatic rings. The number of nitrogens with one attached hydrogen (secondary N) is 1. The number of methoxy groups -OCH3 is 1. The number of carbonyl (C=O) groups is 2. The van der Waals surface area contributed by atoms with Crippen LogP contribution in [0.25, 0.3) is 0 Å². The molecule has 12 heteroatoms. The molecule has 0 aliphatic carbocycles. The normalized spacial score (nSPS) is 20.5. The summed E-state index contributed by atoms with van der Waals surface area (Å²) in [5.41, 5.74) is 1.86. The Morgan fingerprint density at radius 1 is 1.23 bits per heavy atom. The van der Waals surface area contributed by atoms with Gasteiger partial charge in [-0.1, -0.05) is 12.1 Å². The Labute approximate surface area is 225 Å². The SMILES string of the molecule is COCC1=C(C)NC(=O)N(C(=O)N(O)C(C(C)O)N2CCC(c3ccccn3)CC2)C1c1ccc(F)c(F)c1. The predicted molar refractivity (Wildman–Crippen MR) is 136 cm³/mol. The third kappa shape index (κ3) is 5.93. The van der Waals surface area contributed by atoms with E-state index < -0.39 is 42.0 Å². The van der Waals surface area contributed by atoms with Gasteiger partial charge in [0.15, 0.2) is 11.6 Å². The largest absolute Gasteiger partial charge is 0.390 e. The minimum Gasteiger partial charge on any atom is -0.390 e. The standard InChI is InChI=1S/C27H33F2N5O5/c1-16-20(15-39-3)24(19-7-8-21(28)22(29)14-19)33(26(36)31-16)27(37)34(38)25(17(2)35)32-12-9-18(10-13-32)23-6-4-5-11-30-23/h4-8,11,14,17-18,24-25,35,38H,9-10,12-13,15H2,1-3H3,(H,31,36). The highest BCUT2D eigenvalue weighted by Crippen LogP contribution is 2.36. The van der Waals surface area contributed by atoms with E-state index in [0.29, 0.717) is 42.3 Å². The minimum atomic E-state index is -1.19. The maximum absolute atomic E-state index is 14.2. The number of hydrogen-bond acceptors (Lipinski definition) is 7. The van der Waals surface area contributed by atoms with E-state index >= 15 is 0 Å². The maximum Gasteiger partial charge on any atom is 0.354 e. The first-order chi connectivity index (χ1) is 18.6. The fourth-order valence-electron chi connectivity index (χ4n) is 5.32. The van der Waals surface area contributed by atoms with Crippen LogP contribution in [0.2, 0.25) is 0 Å². The molecule has 4 amide bonds.